The molecule has 9 heteroatoms. The Morgan fingerprint density at radius 3 is 2.47 bits per heavy atom. The van der Waals surface area contributed by atoms with Gasteiger partial charge in [-0.15, -0.1) is 5.10 Å². The van der Waals surface area contributed by atoms with Crippen molar-refractivity contribution >= 4 is 27.3 Å². The van der Waals surface area contributed by atoms with E-state index in [0.29, 0.717) is 24.7 Å². The van der Waals surface area contributed by atoms with Gasteiger partial charge in [-0.05, 0) is 30.5 Å². The lowest BCUT2D eigenvalue weighted by molar-refractivity contribution is -0.118. The van der Waals surface area contributed by atoms with Crippen molar-refractivity contribution in [3.05, 3.63) is 48.0 Å². The number of aromatic nitrogens is 3. The highest BCUT2D eigenvalue weighted by molar-refractivity contribution is 7.93. The molecule has 8 nitrogen and oxygen atoms in total. The normalized spacial score (nSPS) is 17.6. The van der Waals surface area contributed by atoms with Crippen molar-refractivity contribution in [2.24, 2.45) is 5.92 Å². The minimum atomic E-state index is -2.91. The van der Waals surface area contributed by atoms with E-state index in [1.807, 2.05) is 44.2 Å². The molecule has 0 bridgehead atoms. The topological polar surface area (TPSA) is 96.7 Å². The van der Waals surface area contributed by atoms with Crippen LogP contribution in [0.3, 0.4) is 0 Å². The van der Waals surface area contributed by atoms with Crippen LogP contribution in [0.4, 0.5) is 5.95 Å². The number of carbonyl (C=O) groups excluding carboxylic acids is 1. The molecule has 1 aromatic carbocycles. The zero-order chi connectivity index (χ0) is 22.5. The van der Waals surface area contributed by atoms with Gasteiger partial charge in [0.15, 0.2) is 15.5 Å². The third-order valence-electron chi connectivity index (χ3n) is 6.15. The number of anilines is 1. The van der Waals surface area contributed by atoms with Crippen molar-refractivity contribution < 1.29 is 13.2 Å². The molecule has 1 saturated heterocycles. The number of likely N-dealkylation sites (tertiary alicyclic amines) is 1. The summed E-state index contributed by atoms with van der Waals surface area (Å²) in [6.07, 6.45) is 1.68. The van der Waals surface area contributed by atoms with E-state index in [0.717, 1.165) is 36.2 Å². The maximum atomic E-state index is 12.3. The largest absolute Gasteiger partial charge is 0.296 e. The molecular weight excluding hydrogens is 426 g/mol. The van der Waals surface area contributed by atoms with Crippen molar-refractivity contribution in [2.75, 3.05) is 18.4 Å². The first kappa shape index (κ1) is 21.1. The van der Waals surface area contributed by atoms with Gasteiger partial charge in [0.05, 0.1) is 16.2 Å². The fraction of sp³-hybridized carbons (Fsp3) is 0.435. The first-order chi connectivity index (χ1) is 15.3. The molecule has 1 aliphatic heterocycles. The van der Waals surface area contributed by atoms with E-state index in [1.165, 1.54) is 0 Å². The second-order valence-corrected chi connectivity index (χ2v) is 11.6. The summed E-state index contributed by atoms with van der Waals surface area (Å²) >= 11 is 0. The highest BCUT2D eigenvalue weighted by Crippen LogP contribution is 2.34. The van der Waals surface area contributed by atoms with Gasteiger partial charge in [0.25, 0.3) is 0 Å². The molecule has 3 aromatic rings. The van der Waals surface area contributed by atoms with Gasteiger partial charge in [0.1, 0.15) is 0 Å². The van der Waals surface area contributed by atoms with Crippen molar-refractivity contribution in [3.8, 4) is 11.3 Å². The summed E-state index contributed by atoms with van der Waals surface area (Å²) in [7, 11) is -2.91. The van der Waals surface area contributed by atoms with E-state index in [-0.39, 0.29) is 22.3 Å². The number of amides is 1. The summed E-state index contributed by atoms with van der Waals surface area (Å²) < 4.78 is 26.4. The lowest BCUT2D eigenvalue weighted by Gasteiger charge is -2.38. The molecule has 2 fully saturated rings. The summed E-state index contributed by atoms with van der Waals surface area (Å²) in [6.45, 7) is 5.65. The van der Waals surface area contributed by atoms with Gasteiger partial charge in [0.2, 0.25) is 11.9 Å². The first-order valence-electron chi connectivity index (χ1n) is 11.0. The molecule has 0 atom stereocenters. The minimum absolute atomic E-state index is 0.0763. The highest BCUT2D eigenvalue weighted by Gasteiger charge is 2.46. The molecule has 5 rings (SSSR count). The maximum absolute atomic E-state index is 12.3. The summed E-state index contributed by atoms with van der Waals surface area (Å²) in [5.41, 5.74) is 3.68. The number of pyridine rings is 1. The number of fused-ring (bicyclic) bond motifs is 1. The van der Waals surface area contributed by atoms with E-state index in [1.54, 1.807) is 4.52 Å². The Morgan fingerprint density at radius 2 is 1.81 bits per heavy atom. The van der Waals surface area contributed by atoms with Gasteiger partial charge >= 0.3 is 0 Å². The quantitative estimate of drug-likeness (QED) is 0.591. The maximum Gasteiger partial charge on any atom is 0.249 e. The number of sulfone groups is 1. The average molecular weight is 454 g/mol. The summed E-state index contributed by atoms with van der Waals surface area (Å²) in [4.78, 5) is 18.6. The van der Waals surface area contributed by atoms with Crippen molar-refractivity contribution in [3.63, 3.8) is 0 Å². The number of nitrogens with one attached hydrogen (secondary N) is 1. The first-order valence-corrected chi connectivity index (χ1v) is 12.6. The van der Waals surface area contributed by atoms with Crippen LogP contribution >= 0.6 is 0 Å². The monoisotopic (exact) mass is 453 g/mol. The van der Waals surface area contributed by atoms with Gasteiger partial charge < -0.3 is 0 Å². The van der Waals surface area contributed by atoms with Gasteiger partial charge in [-0.25, -0.2) is 12.9 Å². The van der Waals surface area contributed by atoms with E-state index in [9.17, 15) is 13.2 Å². The summed E-state index contributed by atoms with van der Waals surface area (Å²) in [5.74, 6) is 0.0235. The molecular formula is C23H27N5O3S. The molecule has 168 valence electrons. The van der Waals surface area contributed by atoms with E-state index in [2.05, 4.69) is 32.4 Å². The van der Waals surface area contributed by atoms with E-state index in [4.69, 9.17) is 0 Å². The van der Waals surface area contributed by atoms with Crippen LogP contribution in [-0.2, 0) is 21.2 Å². The second-order valence-electron chi connectivity index (χ2n) is 9.06. The lowest BCUT2D eigenvalue weighted by atomic mass is 10.1. The number of rotatable bonds is 7. The van der Waals surface area contributed by atoms with Crippen molar-refractivity contribution in [2.45, 2.75) is 43.7 Å². The summed E-state index contributed by atoms with van der Waals surface area (Å²) in [5, 5.41) is 6.94. The van der Waals surface area contributed by atoms with E-state index < -0.39 is 9.84 Å². The Kier molecular flexibility index (Phi) is 5.25. The Morgan fingerprint density at radius 1 is 1.09 bits per heavy atom. The molecule has 0 spiro atoms. The molecule has 32 heavy (non-hydrogen) atoms. The van der Waals surface area contributed by atoms with Crippen LogP contribution in [-0.4, -0.2) is 57.4 Å². The third kappa shape index (κ3) is 4.02. The molecule has 0 unspecified atom stereocenters. The number of carbonyl (C=O) groups is 1. The van der Waals surface area contributed by atoms with Crippen LogP contribution in [0.1, 0.15) is 32.3 Å². The fourth-order valence-corrected chi connectivity index (χ4v) is 6.17. The van der Waals surface area contributed by atoms with Crippen LogP contribution in [0.2, 0.25) is 0 Å². The van der Waals surface area contributed by atoms with Crippen LogP contribution < -0.4 is 5.32 Å². The lowest BCUT2D eigenvalue weighted by Crippen LogP contribution is -2.54. The van der Waals surface area contributed by atoms with Gasteiger partial charge in [0, 0.05) is 31.1 Å². The van der Waals surface area contributed by atoms with Crippen LogP contribution in [0.5, 0.6) is 0 Å². The predicted octanol–water partition coefficient (Wildman–Crippen LogP) is 2.75. The number of hydrogen-bond donors (Lipinski definition) is 1. The smallest absolute Gasteiger partial charge is 0.249 e. The SMILES string of the molecule is CC(C)C(=O)Nc1nc2cccc(-c3ccc(CN4CC(S(=O)(=O)C5CC5)C4)cc3)n2n1. The average Bonchev–Trinajstić information content (AvgIpc) is 3.51. The molecule has 1 N–H and O–H groups in total. The molecule has 0 radical (unpaired) electrons. The molecule has 3 heterocycles. The number of hydrogen-bond acceptors (Lipinski definition) is 6. The second kappa shape index (κ2) is 7.97. The van der Waals surface area contributed by atoms with Crippen LogP contribution in [0.15, 0.2) is 42.5 Å². The highest BCUT2D eigenvalue weighted by atomic mass is 32.2. The summed E-state index contributed by atoms with van der Waals surface area (Å²) in [6, 6.07) is 13.9. The zero-order valence-electron chi connectivity index (χ0n) is 18.2. The molecule has 1 aliphatic carbocycles. The molecule has 2 aromatic heterocycles. The number of nitrogens with zero attached hydrogens (tertiary/aromatic N) is 4. The van der Waals surface area contributed by atoms with Crippen LogP contribution in [0, 0.1) is 5.92 Å². The Balaban J connectivity index is 1.28. The van der Waals surface area contributed by atoms with Gasteiger partial charge in [-0.2, -0.15) is 4.98 Å². The fourth-order valence-electron chi connectivity index (χ4n) is 4.00. The Bertz CT molecular complexity index is 1260. The van der Waals surface area contributed by atoms with Crippen LogP contribution in [0.25, 0.3) is 16.9 Å². The van der Waals surface area contributed by atoms with Gasteiger partial charge in [-0.3, -0.25) is 15.0 Å². The Labute approximate surface area is 187 Å². The molecule has 1 amide bonds. The van der Waals surface area contributed by atoms with E-state index >= 15 is 0 Å². The number of benzene rings is 1. The third-order valence-corrected chi connectivity index (χ3v) is 8.78. The predicted molar refractivity (Wildman–Crippen MR) is 123 cm³/mol. The Hall–Kier alpha value is -2.78. The minimum Gasteiger partial charge on any atom is -0.296 e. The van der Waals surface area contributed by atoms with Crippen molar-refractivity contribution in [1.82, 2.24) is 19.5 Å². The molecule has 2 aliphatic rings. The molecule has 1 saturated carbocycles. The van der Waals surface area contributed by atoms with Gasteiger partial charge in [-0.1, -0.05) is 44.2 Å². The zero-order valence-corrected chi connectivity index (χ0v) is 19.0. The van der Waals surface area contributed by atoms with Crippen molar-refractivity contribution in [1.29, 1.82) is 0 Å². The standard InChI is InChI=1S/C23H27N5O3S/c1-15(2)22(29)25-23-24-21-5-3-4-20(28(21)26-23)17-8-6-16(7-9-17)12-27-13-19(14-27)32(30,31)18-10-11-18/h3-9,15,18-19H,10-14H2,1-2H3,(H,25,26,29).